The number of hydrogen-bond acceptors (Lipinski definition) is 5. The molecule has 0 saturated carbocycles. The number of halogens is 1. The zero-order chi connectivity index (χ0) is 24.4. The molecule has 1 amide bonds. The van der Waals surface area contributed by atoms with E-state index in [0.29, 0.717) is 34.8 Å². The summed E-state index contributed by atoms with van der Waals surface area (Å²) >= 11 is 1.20. The Morgan fingerprint density at radius 2 is 1.69 bits per heavy atom. The number of thioether (sulfide) groups is 1. The second-order valence-electron chi connectivity index (χ2n) is 8.52. The van der Waals surface area contributed by atoms with Crippen molar-refractivity contribution in [3.63, 3.8) is 0 Å². The Kier molecular flexibility index (Phi) is 6.55. The van der Waals surface area contributed by atoms with Crippen molar-refractivity contribution in [1.29, 1.82) is 0 Å². The van der Waals surface area contributed by atoms with E-state index in [-0.39, 0.29) is 17.2 Å². The summed E-state index contributed by atoms with van der Waals surface area (Å²) < 4.78 is 15.3. The first-order chi connectivity index (χ1) is 17.0. The summed E-state index contributed by atoms with van der Waals surface area (Å²) in [6, 6.07) is 21.3. The van der Waals surface area contributed by atoms with Crippen molar-refractivity contribution in [2.75, 3.05) is 36.8 Å². The summed E-state index contributed by atoms with van der Waals surface area (Å²) in [7, 11) is 0. The summed E-state index contributed by atoms with van der Waals surface area (Å²) in [5, 5.41) is 0.811. The Hall–Kier alpha value is -3.65. The summed E-state index contributed by atoms with van der Waals surface area (Å²) in [6.45, 7) is 4.86. The maximum absolute atomic E-state index is 14.0. The molecule has 2 heterocycles. The third kappa shape index (κ3) is 4.93. The van der Waals surface area contributed by atoms with Gasteiger partial charge in [-0.3, -0.25) is 14.2 Å². The van der Waals surface area contributed by atoms with Crippen LogP contribution in [0.25, 0.3) is 16.6 Å². The molecule has 1 fully saturated rings. The van der Waals surface area contributed by atoms with Gasteiger partial charge in [0, 0.05) is 31.9 Å². The number of anilines is 1. The molecule has 0 unspecified atom stereocenters. The smallest absolute Gasteiger partial charge is 0.266 e. The van der Waals surface area contributed by atoms with E-state index in [0.717, 1.165) is 18.8 Å². The number of fused-ring (bicyclic) bond motifs is 1. The highest BCUT2D eigenvalue weighted by Gasteiger charge is 2.22. The monoisotopic (exact) mass is 488 g/mol. The Morgan fingerprint density at radius 3 is 2.43 bits per heavy atom. The van der Waals surface area contributed by atoms with Gasteiger partial charge in [0.15, 0.2) is 5.16 Å². The predicted molar refractivity (Wildman–Crippen MR) is 138 cm³/mol. The van der Waals surface area contributed by atoms with E-state index in [2.05, 4.69) is 41.1 Å². The zero-order valence-electron chi connectivity index (χ0n) is 19.4. The van der Waals surface area contributed by atoms with Gasteiger partial charge in [0.05, 0.1) is 22.3 Å². The van der Waals surface area contributed by atoms with Crippen molar-refractivity contribution in [1.82, 2.24) is 14.5 Å². The van der Waals surface area contributed by atoms with Crippen molar-refractivity contribution >= 4 is 34.3 Å². The standard InChI is InChI=1S/C27H25FN4O2S/c1-19-9-11-21(12-10-19)30-13-15-31(16-14-30)25(33)18-35-27-29-24-8-3-2-7-23(24)26(34)32(27)22-6-4-5-20(28)17-22/h2-12,17H,13-16,18H2,1H3. The van der Waals surface area contributed by atoms with E-state index < -0.39 is 5.82 Å². The number of piperazine rings is 1. The molecular weight excluding hydrogens is 463 g/mol. The molecule has 4 aromatic rings. The van der Waals surface area contributed by atoms with Crippen LogP contribution in [0, 0.1) is 12.7 Å². The maximum atomic E-state index is 14.0. The molecule has 1 aliphatic rings. The lowest BCUT2D eigenvalue weighted by Crippen LogP contribution is -2.49. The van der Waals surface area contributed by atoms with Gasteiger partial charge in [0.25, 0.3) is 5.56 Å². The van der Waals surface area contributed by atoms with Crippen LogP contribution < -0.4 is 10.5 Å². The zero-order valence-corrected chi connectivity index (χ0v) is 20.2. The molecule has 5 rings (SSSR count). The largest absolute Gasteiger partial charge is 0.368 e. The highest BCUT2D eigenvalue weighted by molar-refractivity contribution is 7.99. The molecule has 3 aromatic carbocycles. The number of para-hydroxylation sites is 1. The Balaban J connectivity index is 1.33. The molecule has 0 N–H and O–H groups in total. The first-order valence-corrected chi connectivity index (χ1v) is 12.5. The summed E-state index contributed by atoms with van der Waals surface area (Å²) in [6.07, 6.45) is 0. The molecule has 0 radical (unpaired) electrons. The molecule has 0 spiro atoms. The number of carbonyl (C=O) groups excluding carboxylic acids is 1. The van der Waals surface area contributed by atoms with Gasteiger partial charge in [0.2, 0.25) is 5.91 Å². The van der Waals surface area contributed by atoms with Crippen LogP contribution in [-0.4, -0.2) is 52.3 Å². The van der Waals surface area contributed by atoms with Gasteiger partial charge in [-0.25, -0.2) is 9.37 Å². The minimum Gasteiger partial charge on any atom is -0.368 e. The quantitative estimate of drug-likeness (QED) is 0.310. The third-order valence-corrected chi connectivity index (χ3v) is 7.09. The fourth-order valence-electron chi connectivity index (χ4n) is 4.24. The number of benzene rings is 3. The van der Waals surface area contributed by atoms with Gasteiger partial charge in [-0.2, -0.15) is 0 Å². The second-order valence-corrected chi connectivity index (χ2v) is 9.47. The molecule has 8 heteroatoms. The fraction of sp³-hybridized carbons (Fsp3) is 0.222. The lowest BCUT2D eigenvalue weighted by atomic mass is 10.2. The Morgan fingerprint density at radius 1 is 0.943 bits per heavy atom. The molecule has 6 nitrogen and oxygen atoms in total. The van der Waals surface area contributed by atoms with Crippen molar-refractivity contribution in [2.24, 2.45) is 0 Å². The summed E-state index contributed by atoms with van der Waals surface area (Å²) in [4.78, 5) is 35.1. The van der Waals surface area contributed by atoms with Crippen molar-refractivity contribution in [3.05, 3.63) is 94.5 Å². The minimum absolute atomic E-state index is 0.00763. The lowest BCUT2D eigenvalue weighted by Gasteiger charge is -2.36. The van der Waals surface area contributed by atoms with Crippen LogP contribution in [0.5, 0.6) is 0 Å². The SMILES string of the molecule is Cc1ccc(N2CCN(C(=O)CSc3nc4ccccc4c(=O)n3-c3cccc(F)c3)CC2)cc1. The van der Waals surface area contributed by atoms with Gasteiger partial charge in [-0.1, -0.05) is 47.7 Å². The molecule has 178 valence electrons. The van der Waals surface area contributed by atoms with Gasteiger partial charge in [-0.05, 0) is 49.4 Å². The number of nitrogens with zero attached hydrogens (tertiary/aromatic N) is 4. The lowest BCUT2D eigenvalue weighted by molar-refractivity contribution is -0.128. The van der Waals surface area contributed by atoms with Crippen LogP contribution in [0.2, 0.25) is 0 Å². The molecule has 1 aromatic heterocycles. The Labute approximate surface area is 207 Å². The number of hydrogen-bond donors (Lipinski definition) is 0. The van der Waals surface area contributed by atoms with Crippen molar-refractivity contribution in [3.8, 4) is 5.69 Å². The number of amides is 1. The highest BCUT2D eigenvalue weighted by atomic mass is 32.2. The topological polar surface area (TPSA) is 58.4 Å². The first kappa shape index (κ1) is 23.1. The number of aromatic nitrogens is 2. The molecule has 0 aliphatic carbocycles. The summed E-state index contributed by atoms with van der Waals surface area (Å²) in [5.41, 5.74) is 3.03. The number of rotatable bonds is 5. The molecule has 1 saturated heterocycles. The first-order valence-electron chi connectivity index (χ1n) is 11.5. The minimum atomic E-state index is -0.443. The fourth-order valence-corrected chi connectivity index (χ4v) is 5.15. The summed E-state index contributed by atoms with van der Waals surface area (Å²) in [5.74, 6) is -0.308. The molecular formula is C27H25FN4O2S. The van der Waals surface area contributed by atoms with Gasteiger partial charge < -0.3 is 9.80 Å². The predicted octanol–water partition coefficient (Wildman–Crippen LogP) is 4.27. The van der Waals surface area contributed by atoms with E-state index in [1.807, 2.05) is 11.0 Å². The average Bonchev–Trinajstić information content (AvgIpc) is 2.88. The van der Waals surface area contributed by atoms with Crippen molar-refractivity contribution < 1.29 is 9.18 Å². The van der Waals surface area contributed by atoms with Crippen LogP contribution in [0.15, 0.2) is 82.7 Å². The van der Waals surface area contributed by atoms with E-state index >= 15 is 0 Å². The van der Waals surface area contributed by atoms with Crippen LogP contribution in [0.3, 0.4) is 0 Å². The average molecular weight is 489 g/mol. The normalized spacial score (nSPS) is 13.9. The van der Waals surface area contributed by atoms with Crippen LogP contribution in [0.1, 0.15) is 5.56 Å². The van der Waals surface area contributed by atoms with Gasteiger partial charge in [0.1, 0.15) is 5.82 Å². The van der Waals surface area contributed by atoms with E-state index in [1.54, 1.807) is 30.3 Å². The van der Waals surface area contributed by atoms with Gasteiger partial charge >= 0.3 is 0 Å². The molecule has 1 aliphatic heterocycles. The molecule has 35 heavy (non-hydrogen) atoms. The maximum Gasteiger partial charge on any atom is 0.266 e. The molecule has 0 bridgehead atoms. The molecule has 0 atom stereocenters. The number of aryl methyl sites for hydroxylation is 1. The Bertz CT molecular complexity index is 1430. The van der Waals surface area contributed by atoms with Crippen LogP contribution in [0.4, 0.5) is 10.1 Å². The van der Waals surface area contributed by atoms with E-state index in [1.165, 1.54) is 34.0 Å². The second kappa shape index (κ2) is 9.92. The third-order valence-electron chi connectivity index (χ3n) is 6.17. The van der Waals surface area contributed by atoms with Gasteiger partial charge in [-0.15, -0.1) is 0 Å². The van der Waals surface area contributed by atoms with Crippen LogP contribution >= 0.6 is 11.8 Å². The van der Waals surface area contributed by atoms with E-state index in [9.17, 15) is 14.0 Å². The highest BCUT2D eigenvalue weighted by Crippen LogP contribution is 2.23. The van der Waals surface area contributed by atoms with Crippen LogP contribution in [-0.2, 0) is 4.79 Å². The van der Waals surface area contributed by atoms with E-state index in [4.69, 9.17) is 0 Å². The van der Waals surface area contributed by atoms with Crippen molar-refractivity contribution in [2.45, 2.75) is 12.1 Å². The number of carbonyl (C=O) groups is 1.